The summed E-state index contributed by atoms with van der Waals surface area (Å²) in [5.74, 6) is -1.49. The van der Waals surface area contributed by atoms with Gasteiger partial charge < -0.3 is 20.1 Å². The molecule has 0 aliphatic carbocycles. The zero-order chi connectivity index (χ0) is 22.1. The molecule has 30 heavy (non-hydrogen) atoms. The fourth-order valence-corrected chi connectivity index (χ4v) is 2.44. The van der Waals surface area contributed by atoms with E-state index in [0.29, 0.717) is 24.4 Å². The predicted octanol–water partition coefficient (Wildman–Crippen LogP) is 2.71. The Hall–Kier alpha value is -3.97. The van der Waals surface area contributed by atoms with Gasteiger partial charge in [-0.05, 0) is 37.3 Å². The number of nitro benzene ring substituents is 1. The SMILES string of the molecule is COCCNc1ccc(C(=O)O[C@H](C)C(=O)Nc2cccc(C#N)c2)cc1[N+](=O)[O-]. The van der Waals surface area contributed by atoms with Crippen molar-refractivity contribution in [1.82, 2.24) is 0 Å². The molecule has 0 unspecified atom stereocenters. The third-order valence-corrected chi connectivity index (χ3v) is 3.96. The number of methoxy groups -OCH3 is 1. The first-order chi connectivity index (χ1) is 14.3. The molecule has 0 aliphatic heterocycles. The molecule has 10 heteroatoms. The van der Waals surface area contributed by atoms with Gasteiger partial charge in [-0.3, -0.25) is 14.9 Å². The fraction of sp³-hybridized carbons (Fsp3) is 0.250. The van der Waals surface area contributed by atoms with E-state index in [0.717, 1.165) is 6.07 Å². The zero-order valence-corrected chi connectivity index (χ0v) is 16.4. The molecular formula is C20H20N4O6. The summed E-state index contributed by atoms with van der Waals surface area (Å²) in [5.41, 5.74) is 0.612. The van der Waals surface area contributed by atoms with Crippen molar-refractivity contribution in [2.45, 2.75) is 13.0 Å². The van der Waals surface area contributed by atoms with Gasteiger partial charge in [-0.25, -0.2) is 4.79 Å². The van der Waals surface area contributed by atoms with Crippen LogP contribution in [-0.2, 0) is 14.3 Å². The second kappa shape index (κ2) is 10.5. The number of nitriles is 1. The van der Waals surface area contributed by atoms with Gasteiger partial charge in [0, 0.05) is 25.4 Å². The van der Waals surface area contributed by atoms with Crippen LogP contribution in [0.1, 0.15) is 22.8 Å². The minimum Gasteiger partial charge on any atom is -0.449 e. The Bertz CT molecular complexity index is 986. The third kappa shape index (κ3) is 6.02. The minimum atomic E-state index is -1.16. The minimum absolute atomic E-state index is 0.0647. The van der Waals surface area contributed by atoms with Crippen molar-refractivity contribution in [1.29, 1.82) is 5.26 Å². The summed E-state index contributed by atoms with van der Waals surface area (Å²) in [6.07, 6.45) is -1.16. The van der Waals surface area contributed by atoms with E-state index in [1.54, 1.807) is 18.2 Å². The molecule has 1 atom stereocenters. The van der Waals surface area contributed by atoms with E-state index >= 15 is 0 Å². The molecule has 0 heterocycles. The maximum absolute atomic E-state index is 12.4. The molecule has 156 valence electrons. The molecule has 0 bridgehead atoms. The molecule has 0 saturated carbocycles. The van der Waals surface area contributed by atoms with Gasteiger partial charge in [-0.15, -0.1) is 0 Å². The van der Waals surface area contributed by atoms with Gasteiger partial charge in [0.2, 0.25) is 0 Å². The number of carbonyl (C=O) groups excluding carboxylic acids is 2. The lowest BCUT2D eigenvalue weighted by molar-refractivity contribution is -0.384. The molecule has 0 aliphatic rings. The van der Waals surface area contributed by atoms with E-state index in [1.165, 1.54) is 32.2 Å². The van der Waals surface area contributed by atoms with E-state index in [4.69, 9.17) is 14.7 Å². The monoisotopic (exact) mass is 412 g/mol. The van der Waals surface area contributed by atoms with Crippen LogP contribution in [0.15, 0.2) is 42.5 Å². The van der Waals surface area contributed by atoms with Gasteiger partial charge >= 0.3 is 5.97 Å². The number of esters is 1. The maximum atomic E-state index is 12.4. The largest absolute Gasteiger partial charge is 0.449 e. The first-order valence-corrected chi connectivity index (χ1v) is 8.89. The quantitative estimate of drug-likeness (QED) is 0.277. The van der Waals surface area contributed by atoms with Crippen LogP contribution < -0.4 is 10.6 Å². The summed E-state index contributed by atoms with van der Waals surface area (Å²) in [5, 5.41) is 25.6. The molecule has 0 aromatic heterocycles. The molecule has 2 N–H and O–H groups in total. The van der Waals surface area contributed by atoms with Gasteiger partial charge in [0.1, 0.15) is 5.69 Å². The van der Waals surface area contributed by atoms with Gasteiger partial charge in [0.05, 0.1) is 28.7 Å². The Morgan fingerprint density at radius 1 is 1.27 bits per heavy atom. The van der Waals surface area contributed by atoms with E-state index in [1.807, 2.05) is 6.07 Å². The van der Waals surface area contributed by atoms with Gasteiger partial charge in [0.15, 0.2) is 6.10 Å². The highest BCUT2D eigenvalue weighted by Gasteiger charge is 2.22. The summed E-state index contributed by atoms with van der Waals surface area (Å²) in [6.45, 7) is 2.08. The number of carbonyl (C=O) groups is 2. The number of hydrogen-bond acceptors (Lipinski definition) is 8. The lowest BCUT2D eigenvalue weighted by Crippen LogP contribution is -2.30. The summed E-state index contributed by atoms with van der Waals surface area (Å²) in [6, 6.07) is 12.0. The second-order valence-corrected chi connectivity index (χ2v) is 6.14. The van der Waals surface area contributed by atoms with Crippen LogP contribution in [0.3, 0.4) is 0 Å². The number of anilines is 2. The van der Waals surface area contributed by atoms with Crippen molar-refractivity contribution in [3.8, 4) is 6.07 Å². The number of amides is 1. The number of hydrogen-bond donors (Lipinski definition) is 2. The van der Waals surface area contributed by atoms with Crippen LogP contribution in [0, 0.1) is 21.4 Å². The normalized spacial score (nSPS) is 11.1. The molecule has 0 fully saturated rings. The van der Waals surface area contributed by atoms with Gasteiger partial charge in [-0.1, -0.05) is 6.07 Å². The fourth-order valence-electron chi connectivity index (χ4n) is 2.44. The molecule has 1 amide bonds. The van der Waals surface area contributed by atoms with Crippen LogP contribution in [0.5, 0.6) is 0 Å². The standard InChI is InChI=1S/C20H20N4O6/c1-13(19(25)23-16-5-3-4-14(10-16)12-21)30-20(26)15-6-7-17(22-8-9-29-2)18(11-15)24(27)28/h3-7,10-11,13,22H,8-9H2,1-2H3,(H,23,25)/t13-/m1/s1. The molecule has 2 aromatic rings. The molecule has 0 spiro atoms. The molecule has 2 aromatic carbocycles. The Kier molecular flexibility index (Phi) is 7.84. The summed E-state index contributed by atoms with van der Waals surface area (Å²) < 4.78 is 10.0. The van der Waals surface area contributed by atoms with E-state index < -0.39 is 22.9 Å². The van der Waals surface area contributed by atoms with E-state index in [-0.39, 0.29) is 16.9 Å². The number of rotatable bonds is 9. The highest BCUT2D eigenvalue weighted by molar-refractivity contribution is 5.98. The Morgan fingerprint density at radius 2 is 2.03 bits per heavy atom. The zero-order valence-electron chi connectivity index (χ0n) is 16.4. The summed E-state index contributed by atoms with van der Waals surface area (Å²) in [7, 11) is 1.51. The highest BCUT2D eigenvalue weighted by Crippen LogP contribution is 2.26. The average Bonchev–Trinajstić information content (AvgIpc) is 2.73. The topological polar surface area (TPSA) is 144 Å². The highest BCUT2D eigenvalue weighted by atomic mass is 16.6. The number of nitrogens with one attached hydrogen (secondary N) is 2. The van der Waals surface area contributed by atoms with Crippen LogP contribution >= 0.6 is 0 Å². The first kappa shape index (κ1) is 22.3. The molecule has 0 saturated heterocycles. The van der Waals surface area contributed by atoms with Crippen molar-refractivity contribution >= 4 is 28.9 Å². The smallest absolute Gasteiger partial charge is 0.339 e. The Balaban J connectivity index is 2.06. The number of nitro groups is 1. The number of benzene rings is 2. The lowest BCUT2D eigenvalue weighted by Gasteiger charge is -2.14. The van der Waals surface area contributed by atoms with Crippen LogP contribution in [0.25, 0.3) is 0 Å². The van der Waals surface area contributed by atoms with Gasteiger partial charge in [0.25, 0.3) is 11.6 Å². The van der Waals surface area contributed by atoms with E-state index in [2.05, 4.69) is 10.6 Å². The first-order valence-electron chi connectivity index (χ1n) is 8.89. The van der Waals surface area contributed by atoms with Crippen LogP contribution in [0.2, 0.25) is 0 Å². The molecular weight excluding hydrogens is 392 g/mol. The molecule has 10 nitrogen and oxygen atoms in total. The van der Waals surface area contributed by atoms with Crippen LogP contribution in [0.4, 0.5) is 17.1 Å². The average molecular weight is 412 g/mol. The van der Waals surface area contributed by atoms with Crippen molar-refractivity contribution in [2.24, 2.45) is 0 Å². The second-order valence-electron chi connectivity index (χ2n) is 6.14. The van der Waals surface area contributed by atoms with Gasteiger partial charge in [-0.2, -0.15) is 5.26 Å². The number of ether oxygens (including phenoxy) is 2. The van der Waals surface area contributed by atoms with Crippen molar-refractivity contribution in [3.63, 3.8) is 0 Å². The molecule has 0 radical (unpaired) electrons. The maximum Gasteiger partial charge on any atom is 0.339 e. The van der Waals surface area contributed by atoms with Crippen LogP contribution in [-0.4, -0.2) is 43.2 Å². The van der Waals surface area contributed by atoms with Crippen molar-refractivity contribution in [2.75, 3.05) is 30.9 Å². The third-order valence-electron chi connectivity index (χ3n) is 3.96. The predicted molar refractivity (Wildman–Crippen MR) is 108 cm³/mol. The van der Waals surface area contributed by atoms with Crippen molar-refractivity contribution in [3.05, 3.63) is 63.7 Å². The lowest BCUT2D eigenvalue weighted by atomic mass is 10.1. The molecule has 2 rings (SSSR count). The summed E-state index contributed by atoms with van der Waals surface area (Å²) >= 11 is 0. The summed E-state index contributed by atoms with van der Waals surface area (Å²) in [4.78, 5) is 35.3. The number of nitrogens with zero attached hydrogens (tertiary/aromatic N) is 2. The van der Waals surface area contributed by atoms with Crippen molar-refractivity contribution < 1.29 is 24.0 Å². The Labute approximate surface area is 172 Å². The van der Waals surface area contributed by atoms with E-state index in [9.17, 15) is 19.7 Å². The Morgan fingerprint density at radius 3 is 2.70 bits per heavy atom.